The Hall–Kier alpha value is -4.38. The molecule has 0 atom stereocenters. The average Bonchev–Trinajstić information content (AvgIpc) is 3.30. The summed E-state index contributed by atoms with van der Waals surface area (Å²) in [5.41, 5.74) is 10.5. The van der Waals surface area contributed by atoms with Crippen LogP contribution in [0, 0.1) is 0 Å². The molecule has 5 heteroatoms. The van der Waals surface area contributed by atoms with Gasteiger partial charge in [-0.05, 0) is 70.0 Å². The van der Waals surface area contributed by atoms with Crippen molar-refractivity contribution in [3.05, 3.63) is 94.1 Å². The lowest BCUT2D eigenvalue weighted by molar-refractivity contribution is 0.589. The zero-order chi connectivity index (χ0) is 27.1. The van der Waals surface area contributed by atoms with Crippen molar-refractivity contribution in [2.75, 3.05) is 0 Å². The minimum atomic E-state index is -0.0600. The lowest BCUT2D eigenvalue weighted by atomic mass is 9.82. The van der Waals surface area contributed by atoms with Crippen molar-refractivity contribution < 1.29 is 0 Å². The van der Waals surface area contributed by atoms with E-state index in [9.17, 15) is 0 Å². The highest BCUT2D eigenvalue weighted by Gasteiger charge is 2.28. The van der Waals surface area contributed by atoms with Crippen molar-refractivity contribution in [1.82, 2.24) is 15.3 Å². The lowest BCUT2D eigenvalue weighted by Crippen LogP contribution is -2.34. The maximum absolute atomic E-state index is 5.31. The summed E-state index contributed by atoms with van der Waals surface area (Å²) in [6, 6.07) is 19.5. The summed E-state index contributed by atoms with van der Waals surface area (Å²) in [6.07, 6.45) is 5.76. The summed E-state index contributed by atoms with van der Waals surface area (Å²) in [7, 11) is 0. The highest BCUT2D eigenvalue weighted by Crippen LogP contribution is 2.44. The molecule has 0 unspecified atom stereocenters. The molecular formula is C34H31N5. The topological polar surface area (TPSA) is 62.5 Å². The minimum absolute atomic E-state index is 0.0523. The van der Waals surface area contributed by atoms with Crippen LogP contribution in [0.25, 0.3) is 45.3 Å². The Morgan fingerprint density at radius 1 is 0.744 bits per heavy atom. The first-order valence-corrected chi connectivity index (χ1v) is 13.5. The molecule has 4 aromatic rings. The van der Waals surface area contributed by atoms with Gasteiger partial charge in [-0.2, -0.15) is 0 Å². The molecule has 192 valence electrons. The van der Waals surface area contributed by atoms with Gasteiger partial charge in [0, 0.05) is 45.6 Å². The number of hydrogen-bond donors (Lipinski definition) is 1. The molecule has 39 heavy (non-hydrogen) atoms. The molecule has 0 spiro atoms. The molecule has 5 nitrogen and oxygen atoms in total. The van der Waals surface area contributed by atoms with Crippen molar-refractivity contribution in [2.45, 2.75) is 52.4 Å². The van der Waals surface area contributed by atoms with Crippen LogP contribution in [0.15, 0.2) is 76.9 Å². The van der Waals surface area contributed by atoms with Crippen LogP contribution in [-0.4, -0.2) is 16.2 Å². The molecule has 0 radical (unpaired) electrons. The summed E-state index contributed by atoms with van der Waals surface area (Å²) >= 11 is 0. The average molecular weight is 510 g/mol. The van der Waals surface area contributed by atoms with Crippen molar-refractivity contribution in [2.24, 2.45) is 9.98 Å². The van der Waals surface area contributed by atoms with Crippen LogP contribution < -0.4 is 15.9 Å². The SMILES string of the molecule is CC(C)(C)c1cc2c3c(c1)-c1cc(C(C)(C)C)cc(c1=N3)=C1N=CC=C(N1)c1cccc(c1)-c1ccnc-2n1. The first-order chi connectivity index (χ1) is 18.6. The van der Waals surface area contributed by atoms with Crippen molar-refractivity contribution in [3.8, 4) is 33.8 Å². The summed E-state index contributed by atoms with van der Waals surface area (Å²) in [4.78, 5) is 20.0. The van der Waals surface area contributed by atoms with Gasteiger partial charge in [0.2, 0.25) is 0 Å². The molecule has 0 aliphatic carbocycles. The van der Waals surface area contributed by atoms with E-state index in [2.05, 4.69) is 95.4 Å². The van der Waals surface area contributed by atoms with Crippen molar-refractivity contribution >= 4 is 23.4 Å². The fourth-order valence-corrected chi connectivity index (χ4v) is 5.44. The Balaban J connectivity index is 1.67. The number of hydrogen-bond acceptors (Lipinski definition) is 5. The van der Waals surface area contributed by atoms with Crippen LogP contribution in [0.5, 0.6) is 0 Å². The molecule has 3 aliphatic heterocycles. The van der Waals surface area contributed by atoms with Crippen LogP contribution in [-0.2, 0) is 10.8 Å². The molecule has 0 amide bonds. The summed E-state index contributed by atoms with van der Waals surface area (Å²) in [5.74, 6) is 1.50. The third kappa shape index (κ3) is 3.84. The fourth-order valence-electron chi connectivity index (χ4n) is 5.44. The van der Waals surface area contributed by atoms with Crippen LogP contribution in [0.4, 0.5) is 5.69 Å². The largest absolute Gasteiger partial charge is 0.339 e. The highest BCUT2D eigenvalue weighted by molar-refractivity contribution is 5.94. The maximum atomic E-state index is 5.31. The van der Waals surface area contributed by atoms with Gasteiger partial charge in [0.25, 0.3) is 0 Å². The van der Waals surface area contributed by atoms with Gasteiger partial charge in [0.05, 0.1) is 16.7 Å². The van der Waals surface area contributed by atoms with Gasteiger partial charge in [-0.25, -0.2) is 20.0 Å². The third-order valence-corrected chi connectivity index (χ3v) is 7.78. The quantitative estimate of drug-likeness (QED) is 0.262. The van der Waals surface area contributed by atoms with E-state index in [-0.39, 0.29) is 10.8 Å². The Labute approximate surface area is 228 Å². The van der Waals surface area contributed by atoms with E-state index in [0.717, 1.165) is 61.3 Å². The smallest absolute Gasteiger partial charge is 0.161 e. The number of fused-ring (bicyclic) bond motifs is 10. The Morgan fingerprint density at radius 2 is 1.46 bits per heavy atom. The van der Waals surface area contributed by atoms with E-state index in [1.807, 2.05) is 24.6 Å². The first-order valence-electron chi connectivity index (χ1n) is 13.5. The van der Waals surface area contributed by atoms with E-state index in [0.29, 0.717) is 5.82 Å². The molecule has 8 bridgehead atoms. The van der Waals surface area contributed by atoms with E-state index in [1.54, 1.807) is 0 Å². The zero-order valence-electron chi connectivity index (χ0n) is 23.2. The van der Waals surface area contributed by atoms with Gasteiger partial charge in [-0.15, -0.1) is 0 Å². The van der Waals surface area contributed by atoms with E-state index < -0.39 is 0 Å². The summed E-state index contributed by atoms with van der Waals surface area (Å²) in [6.45, 7) is 13.5. The molecule has 0 fully saturated rings. The van der Waals surface area contributed by atoms with Crippen LogP contribution in [0.2, 0.25) is 0 Å². The van der Waals surface area contributed by atoms with Gasteiger partial charge in [-0.3, -0.25) is 0 Å². The van der Waals surface area contributed by atoms with Crippen LogP contribution in [0.3, 0.4) is 0 Å². The number of aromatic nitrogens is 2. The van der Waals surface area contributed by atoms with Gasteiger partial charge >= 0.3 is 0 Å². The monoisotopic (exact) mass is 509 g/mol. The number of aliphatic imine (C=N–C) groups is 1. The Kier molecular flexibility index (Phi) is 4.90. The number of rotatable bonds is 0. The third-order valence-electron chi connectivity index (χ3n) is 7.78. The fraction of sp³-hybridized carbons (Fsp3) is 0.235. The zero-order valence-corrected chi connectivity index (χ0v) is 23.2. The number of nitrogens with zero attached hydrogens (tertiary/aromatic N) is 4. The second-order valence-electron chi connectivity index (χ2n) is 12.6. The van der Waals surface area contributed by atoms with Gasteiger partial charge in [0.15, 0.2) is 5.82 Å². The molecular weight excluding hydrogens is 478 g/mol. The number of benzene rings is 3. The predicted octanol–water partition coefficient (Wildman–Crippen LogP) is 6.43. The maximum Gasteiger partial charge on any atom is 0.161 e. The van der Waals surface area contributed by atoms with Crippen molar-refractivity contribution in [3.63, 3.8) is 0 Å². The van der Waals surface area contributed by atoms with Gasteiger partial charge in [0.1, 0.15) is 5.82 Å². The van der Waals surface area contributed by atoms with Crippen LogP contribution >= 0.6 is 0 Å². The molecule has 3 aromatic carbocycles. The second-order valence-corrected chi connectivity index (χ2v) is 12.6. The molecule has 0 saturated carbocycles. The van der Waals surface area contributed by atoms with Crippen LogP contribution in [0.1, 0.15) is 58.2 Å². The van der Waals surface area contributed by atoms with Crippen molar-refractivity contribution in [1.29, 1.82) is 0 Å². The molecule has 1 N–H and O–H groups in total. The number of allylic oxidation sites excluding steroid dienone is 1. The lowest BCUT2D eigenvalue weighted by Gasteiger charge is -2.23. The molecule has 7 rings (SSSR count). The summed E-state index contributed by atoms with van der Waals surface area (Å²) in [5, 5.41) is 5.57. The molecule has 3 aliphatic rings. The van der Waals surface area contributed by atoms with Gasteiger partial charge < -0.3 is 5.32 Å². The highest BCUT2D eigenvalue weighted by atomic mass is 15.1. The first kappa shape index (κ1) is 23.7. The van der Waals surface area contributed by atoms with Gasteiger partial charge in [-0.1, -0.05) is 59.7 Å². The van der Waals surface area contributed by atoms with E-state index in [4.69, 9.17) is 20.0 Å². The molecule has 4 heterocycles. The molecule has 1 aromatic heterocycles. The summed E-state index contributed by atoms with van der Waals surface area (Å²) < 4.78 is 0. The minimum Gasteiger partial charge on any atom is -0.339 e. The second kappa shape index (κ2) is 8.06. The standard InChI is InChI=1S/C34H31N5/c1-33(2,3)21-15-23-24-16-22(34(4,5)6)18-26-30(24)39-29(23)25(17-21)31-35-12-10-27(37-31)19-8-7-9-20(14-19)28-11-13-36-32(26)38-28/h7-18,37H,1-6H3. The Bertz CT molecular complexity index is 1900. The predicted molar refractivity (Wildman–Crippen MR) is 159 cm³/mol. The van der Waals surface area contributed by atoms with E-state index >= 15 is 0 Å². The normalized spacial score (nSPS) is 14.8. The van der Waals surface area contributed by atoms with E-state index in [1.165, 1.54) is 11.1 Å². The Morgan fingerprint density at radius 3 is 2.26 bits per heavy atom. The number of nitrogens with one attached hydrogen (secondary N) is 1. The molecule has 0 saturated heterocycles.